The minimum atomic E-state index is -0.204. The molecule has 0 aliphatic rings. The number of nitrogens with zero attached hydrogens (tertiary/aromatic N) is 1. The second-order valence-corrected chi connectivity index (χ2v) is 6.88. The number of hydrogen-bond donors (Lipinski definition) is 1. The van der Waals surface area contributed by atoms with Crippen LogP contribution in [-0.4, -0.2) is 11.7 Å². The summed E-state index contributed by atoms with van der Waals surface area (Å²) in [7, 11) is 1.68. The van der Waals surface area contributed by atoms with E-state index in [4.69, 9.17) is 4.74 Å². The zero-order chi connectivity index (χ0) is 19.3. The first-order chi connectivity index (χ1) is 13.7. The standard InChI is InChI=1S/C24H23FN2O/c1-28-22-12-8-18(9-13-22)14-26-15-20-17-27(24-5-3-2-4-23(20)24)16-19-6-10-21(25)11-7-19/h2-13,17,26H,14-16H2,1H3. The van der Waals surface area contributed by atoms with Gasteiger partial charge in [-0.05, 0) is 47.0 Å². The first-order valence-electron chi connectivity index (χ1n) is 9.38. The van der Waals surface area contributed by atoms with Gasteiger partial charge in [-0.1, -0.05) is 42.5 Å². The molecule has 0 saturated heterocycles. The van der Waals surface area contributed by atoms with Crippen LogP contribution in [0.5, 0.6) is 5.75 Å². The Morgan fingerprint density at radius 3 is 2.32 bits per heavy atom. The molecule has 0 aliphatic carbocycles. The molecule has 0 fully saturated rings. The number of fused-ring (bicyclic) bond motifs is 1. The Morgan fingerprint density at radius 1 is 0.857 bits per heavy atom. The molecular formula is C24H23FN2O. The van der Waals surface area contributed by atoms with Crippen LogP contribution >= 0.6 is 0 Å². The van der Waals surface area contributed by atoms with Crippen LogP contribution in [0, 0.1) is 5.82 Å². The van der Waals surface area contributed by atoms with E-state index < -0.39 is 0 Å². The van der Waals surface area contributed by atoms with Gasteiger partial charge in [0.25, 0.3) is 0 Å². The lowest BCUT2D eigenvalue weighted by molar-refractivity contribution is 0.414. The number of nitrogens with one attached hydrogen (secondary N) is 1. The molecule has 4 aromatic rings. The van der Waals surface area contributed by atoms with Crippen molar-refractivity contribution in [3.63, 3.8) is 0 Å². The molecule has 0 aliphatic heterocycles. The SMILES string of the molecule is COc1ccc(CNCc2cn(Cc3ccc(F)cc3)c3ccccc23)cc1. The molecule has 0 radical (unpaired) electrons. The molecule has 3 aromatic carbocycles. The van der Waals surface area contributed by atoms with E-state index in [-0.39, 0.29) is 5.82 Å². The average molecular weight is 374 g/mol. The van der Waals surface area contributed by atoms with Gasteiger partial charge < -0.3 is 14.6 Å². The molecule has 0 saturated carbocycles. The van der Waals surface area contributed by atoms with E-state index in [1.54, 1.807) is 7.11 Å². The summed E-state index contributed by atoms with van der Waals surface area (Å²) in [5, 5.41) is 4.77. The van der Waals surface area contributed by atoms with Crippen molar-refractivity contribution in [2.24, 2.45) is 0 Å². The third-order valence-electron chi connectivity index (χ3n) is 4.94. The molecule has 1 N–H and O–H groups in total. The van der Waals surface area contributed by atoms with Gasteiger partial charge in [0.05, 0.1) is 7.11 Å². The zero-order valence-electron chi connectivity index (χ0n) is 15.9. The lowest BCUT2D eigenvalue weighted by Crippen LogP contribution is -2.12. The number of benzene rings is 3. The Bertz CT molecular complexity index is 1050. The van der Waals surface area contributed by atoms with E-state index in [0.717, 1.165) is 30.9 Å². The molecule has 3 nitrogen and oxygen atoms in total. The Labute approximate surface area is 164 Å². The number of rotatable bonds is 7. The van der Waals surface area contributed by atoms with Gasteiger partial charge in [-0.15, -0.1) is 0 Å². The molecule has 0 bridgehead atoms. The molecule has 0 unspecified atom stereocenters. The maximum absolute atomic E-state index is 13.2. The van der Waals surface area contributed by atoms with Crippen molar-refractivity contribution in [1.29, 1.82) is 0 Å². The van der Waals surface area contributed by atoms with E-state index in [0.29, 0.717) is 0 Å². The van der Waals surface area contributed by atoms with Crippen LogP contribution < -0.4 is 10.1 Å². The fraction of sp³-hybridized carbons (Fsp3) is 0.167. The van der Waals surface area contributed by atoms with Crippen molar-refractivity contribution < 1.29 is 9.13 Å². The first-order valence-corrected chi connectivity index (χ1v) is 9.38. The van der Waals surface area contributed by atoms with E-state index >= 15 is 0 Å². The van der Waals surface area contributed by atoms with Crippen molar-refractivity contribution in [3.05, 3.63) is 102 Å². The molecule has 28 heavy (non-hydrogen) atoms. The summed E-state index contributed by atoms with van der Waals surface area (Å²) < 4.78 is 20.6. The fourth-order valence-corrected chi connectivity index (χ4v) is 3.47. The van der Waals surface area contributed by atoms with Crippen LogP contribution in [0.25, 0.3) is 10.9 Å². The van der Waals surface area contributed by atoms with Crippen LogP contribution in [-0.2, 0) is 19.6 Å². The summed E-state index contributed by atoms with van der Waals surface area (Å²) in [6, 6.07) is 23.2. The van der Waals surface area contributed by atoms with Crippen LogP contribution in [0.1, 0.15) is 16.7 Å². The van der Waals surface area contributed by atoms with Gasteiger partial charge in [-0.25, -0.2) is 4.39 Å². The largest absolute Gasteiger partial charge is 0.497 e. The maximum Gasteiger partial charge on any atom is 0.123 e. The minimum Gasteiger partial charge on any atom is -0.497 e. The molecule has 4 heteroatoms. The van der Waals surface area contributed by atoms with Crippen LogP contribution in [0.3, 0.4) is 0 Å². The lowest BCUT2D eigenvalue weighted by Gasteiger charge is -2.06. The highest BCUT2D eigenvalue weighted by Gasteiger charge is 2.08. The highest BCUT2D eigenvalue weighted by atomic mass is 19.1. The monoisotopic (exact) mass is 374 g/mol. The second kappa shape index (κ2) is 8.28. The summed E-state index contributed by atoms with van der Waals surface area (Å²) in [5.41, 5.74) is 4.75. The number of para-hydroxylation sites is 1. The fourth-order valence-electron chi connectivity index (χ4n) is 3.47. The van der Waals surface area contributed by atoms with E-state index in [1.165, 1.54) is 34.2 Å². The molecule has 1 aromatic heterocycles. The third kappa shape index (κ3) is 4.07. The normalized spacial score (nSPS) is 11.1. The van der Waals surface area contributed by atoms with Crippen molar-refractivity contribution >= 4 is 10.9 Å². The Kier molecular flexibility index (Phi) is 5.40. The minimum absolute atomic E-state index is 0.204. The van der Waals surface area contributed by atoms with Crippen molar-refractivity contribution in [2.45, 2.75) is 19.6 Å². The van der Waals surface area contributed by atoms with E-state index in [2.05, 4.69) is 52.5 Å². The number of aromatic nitrogens is 1. The van der Waals surface area contributed by atoms with Crippen molar-refractivity contribution in [3.8, 4) is 5.75 Å². The van der Waals surface area contributed by atoms with Gasteiger partial charge >= 0.3 is 0 Å². The van der Waals surface area contributed by atoms with Crippen LogP contribution in [0.2, 0.25) is 0 Å². The van der Waals surface area contributed by atoms with E-state index in [9.17, 15) is 4.39 Å². The quantitative estimate of drug-likeness (QED) is 0.485. The summed E-state index contributed by atoms with van der Waals surface area (Å²) in [5.74, 6) is 0.664. The first kappa shape index (κ1) is 18.3. The van der Waals surface area contributed by atoms with Gasteiger partial charge in [0.1, 0.15) is 11.6 Å². The maximum atomic E-state index is 13.2. The smallest absolute Gasteiger partial charge is 0.123 e. The summed E-state index contributed by atoms with van der Waals surface area (Å²) in [6.07, 6.45) is 2.19. The zero-order valence-corrected chi connectivity index (χ0v) is 15.9. The van der Waals surface area contributed by atoms with E-state index in [1.807, 2.05) is 24.3 Å². The highest BCUT2D eigenvalue weighted by molar-refractivity contribution is 5.84. The number of methoxy groups -OCH3 is 1. The van der Waals surface area contributed by atoms with Gasteiger partial charge in [0, 0.05) is 36.7 Å². The molecule has 0 amide bonds. The molecule has 0 atom stereocenters. The van der Waals surface area contributed by atoms with Crippen LogP contribution in [0.15, 0.2) is 79.0 Å². The van der Waals surface area contributed by atoms with Gasteiger partial charge in [-0.3, -0.25) is 0 Å². The second-order valence-electron chi connectivity index (χ2n) is 6.88. The lowest BCUT2D eigenvalue weighted by atomic mass is 10.1. The number of ether oxygens (including phenoxy) is 1. The van der Waals surface area contributed by atoms with Crippen LogP contribution in [0.4, 0.5) is 4.39 Å². The molecule has 1 heterocycles. The predicted molar refractivity (Wildman–Crippen MR) is 111 cm³/mol. The molecule has 142 valence electrons. The summed E-state index contributed by atoms with van der Waals surface area (Å²) in [4.78, 5) is 0. The summed E-state index contributed by atoms with van der Waals surface area (Å²) in [6.45, 7) is 2.30. The molecule has 0 spiro atoms. The Balaban J connectivity index is 1.49. The van der Waals surface area contributed by atoms with Crippen molar-refractivity contribution in [1.82, 2.24) is 9.88 Å². The van der Waals surface area contributed by atoms with Gasteiger partial charge in [0.15, 0.2) is 0 Å². The van der Waals surface area contributed by atoms with Gasteiger partial charge in [-0.2, -0.15) is 0 Å². The number of halogens is 1. The summed E-state index contributed by atoms with van der Waals surface area (Å²) >= 11 is 0. The third-order valence-corrected chi connectivity index (χ3v) is 4.94. The van der Waals surface area contributed by atoms with Gasteiger partial charge in [0.2, 0.25) is 0 Å². The highest BCUT2D eigenvalue weighted by Crippen LogP contribution is 2.23. The van der Waals surface area contributed by atoms with Crippen molar-refractivity contribution in [2.75, 3.05) is 7.11 Å². The molecular weight excluding hydrogens is 351 g/mol. The molecule has 4 rings (SSSR count). The topological polar surface area (TPSA) is 26.2 Å². The average Bonchev–Trinajstić information content (AvgIpc) is 3.08. The Morgan fingerprint density at radius 2 is 1.57 bits per heavy atom. The Hall–Kier alpha value is -3.11. The predicted octanol–water partition coefficient (Wildman–Crippen LogP) is 5.13. The number of hydrogen-bond acceptors (Lipinski definition) is 2.